The molecule has 3 nitrogen and oxygen atoms in total. The van der Waals surface area contributed by atoms with Gasteiger partial charge in [0.05, 0.1) is 6.61 Å². The van der Waals surface area contributed by atoms with E-state index in [2.05, 4.69) is 0 Å². The van der Waals surface area contributed by atoms with Gasteiger partial charge in [-0.1, -0.05) is 19.1 Å². The maximum absolute atomic E-state index is 10.8. The minimum absolute atomic E-state index is 0.397. The summed E-state index contributed by atoms with van der Waals surface area (Å²) in [5.41, 5.74) is 1.25. The van der Waals surface area contributed by atoms with Crippen LogP contribution in [-0.2, 0) is 4.79 Å². The molecule has 0 aliphatic carbocycles. The highest BCUT2D eigenvalue weighted by atomic mass is 16.5. The summed E-state index contributed by atoms with van der Waals surface area (Å²) >= 11 is 0. The minimum Gasteiger partial charge on any atom is -0.494 e. The molecule has 0 aromatic heterocycles. The summed E-state index contributed by atoms with van der Waals surface area (Å²) in [5.74, 6) is -0.110. The largest absolute Gasteiger partial charge is 0.494 e. The Morgan fingerprint density at radius 1 is 1.44 bits per heavy atom. The van der Waals surface area contributed by atoms with Crippen LogP contribution < -0.4 is 4.74 Å². The SMILES string of the molecule is CCOc1cccc(/C=C(\CC)C(=O)O)c1. The Morgan fingerprint density at radius 2 is 2.19 bits per heavy atom. The molecule has 1 rings (SSSR count). The molecule has 0 saturated carbocycles. The number of carboxylic acids is 1. The van der Waals surface area contributed by atoms with Crippen molar-refractivity contribution >= 4 is 12.0 Å². The van der Waals surface area contributed by atoms with Crippen molar-refractivity contribution < 1.29 is 14.6 Å². The van der Waals surface area contributed by atoms with Gasteiger partial charge in [-0.05, 0) is 37.1 Å². The lowest BCUT2D eigenvalue weighted by molar-refractivity contribution is -0.132. The van der Waals surface area contributed by atoms with Gasteiger partial charge >= 0.3 is 5.97 Å². The summed E-state index contributed by atoms with van der Waals surface area (Å²) in [7, 11) is 0. The highest BCUT2D eigenvalue weighted by Crippen LogP contribution is 2.16. The highest BCUT2D eigenvalue weighted by molar-refractivity contribution is 5.92. The summed E-state index contributed by atoms with van der Waals surface area (Å²) in [5, 5.41) is 8.91. The van der Waals surface area contributed by atoms with Crippen LogP contribution >= 0.6 is 0 Å². The van der Waals surface area contributed by atoms with Gasteiger partial charge in [0.25, 0.3) is 0 Å². The monoisotopic (exact) mass is 220 g/mol. The van der Waals surface area contributed by atoms with Crippen LogP contribution in [0.1, 0.15) is 25.8 Å². The molecular formula is C13H16O3. The lowest BCUT2D eigenvalue weighted by Gasteiger charge is -2.04. The fraction of sp³-hybridized carbons (Fsp3) is 0.308. The van der Waals surface area contributed by atoms with E-state index in [-0.39, 0.29) is 0 Å². The zero-order chi connectivity index (χ0) is 12.0. The number of hydrogen-bond acceptors (Lipinski definition) is 2. The van der Waals surface area contributed by atoms with Crippen molar-refractivity contribution in [3.8, 4) is 5.75 Å². The second-order valence-corrected chi connectivity index (χ2v) is 3.33. The Bertz CT molecular complexity index is 394. The van der Waals surface area contributed by atoms with E-state index in [4.69, 9.17) is 9.84 Å². The van der Waals surface area contributed by atoms with Gasteiger partial charge in [-0.3, -0.25) is 0 Å². The second-order valence-electron chi connectivity index (χ2n) is 3.33. The molecule has 86 valence electrons. The van der Waals surface area contributed by atoms with E-state index in [1.807, 2.05) is 38.1 Å². The van der Waals surface area contributed by atoms with Crippen LogP contribution in [0.5, 0.6) is 5.75 Å². The Balaban J connectivity index is 2.95. The lowest BCUT2D eigenvalue weighted by Crippen LogP contribution is -1.98. The van der Waals surface area contributed by atoms with Gasteiger partial charge in [0.2, 0.25) is 0 Å². The maximum Gasteiger partial charge on any atom is 0.331 e. The molecule has 1 N–H and O–H groups in total. The summed E-state index contributed by atoms with van der Waals surface area (Å²) in [6.45, 7) is 4.34. The number of benzene rings is 1. The Kier molecular flexibility index (Phi) is 4.58. The smallest absolute Gasteiger partial charge is 0.331 e. The molecule has 1 aromatic rings. The van der Waals surface area contributed by atoms with Crippen molar-refractivity contribution in [3.05, 3.63) is 35.4 Å². The van der Waals surface area contributed by atoms with E-state index in [1.54, 1.807) is 6.08 Å². The van der Waals surface area contributed by atoms with Gasteiger partial charge in [-0.25, -0.2) is 4.79 Å². The molecule has 1 aromatic carbocycles. The van der Waals surface area contributed by atoms with E-state index in [0.717, 1.165) is 11.3 Å². The van der Waals surface area contributed by atoms with Gasteiger partial charge in [0.1, 0.15) is 5.75 Å². The molecule has 0 bridgehead atoms. The topological polar surface area (TPSA) is 46.5 Å². The van der Waals surface area contributed by atoms with E-state index >= 15 is 0 Å². The molecule has 0 amide bonds. The van der Waals surface area contributed by atoms with Crippen LogP contribution in [0.25, 0.3) is 6.08 Å². The van der Waals surface area contributed by atoms with Crippen LogP contribution in [0.4, 0.5) is 0 Å². The molecule has 0 saturated heterocycles. The van der Waals surface area contributed by atoms with Gasteiger partial charge in [-0.2, -0.15) is 0 Å². The first-order valence-electron chi connectivity index (χ1n) is 5.34. The summed E-state index contributed by atoms with van der Waals surface area (Å²) in [4.78, 5) is 10.8. The third-order valence-corrected chi connectivity index (χ3v) is 2.17. The van der Waals surface area contributed by atoms with Crippen molar-refractivity contribution in [2.45, 2.75) is 20.3 Å². The molecule has 0 unspecified atom stereocenters. The molecule has 0 fully saturated rings. The van der Waals surface area contributed by atoms with E-state index in [9.17, 15) is 4.79 Å². The first-order chi connectivity index (χ1) is 7.67. The zero-order valence-electron chi connectivity index (χ0n) is 9.56. The number of hydrogen-bond donors (Lipinski definition) is 1. The first kappa shape index (κ1) is 12.3. The highest BCUT2D eigenvalue weighted by Gasteiger charge is 2.04. The zero-order valence-corrected chi connectivity index (χ0v) is 9.56. The quantitative estimate of drug-likeness (QED) is 0.776. The normalized spacial score (nSPS) is 11.2. The van der Waals surface area contributed by atoms with Crippen LogP contribution in [0, 0.1) is 0 Å². The molecule has 0 atom stereocenters. The molecule has 0 spiro atoms. The third kappa shape index (κ3) is 3.42. The summed E-state index contributed by atoms with van der Waals surface area (Å²) in [6, 6.07) is 7.41. The number of rotatable bonds is 5. The lowest BCUT2D eigenvalue weighted by atomic mass is 10.1. The molecule has 16 heavy (non-hydrogen) atoms. The Morgan fingerprint density at radius 3 is 2.75 bits per heavy atom. The maximum atomic E-state index is 10.8. The van der Waals surface area contributed by atoms with Crippen LogP contribution in [-0.4, -0.2) is 17.7 Å². The predicted octanol–water partition coefficient (Wildman–Crippen LogP) is 2.96. The second kappa shape index (κ2) is 5.95. The predicted molar refractivity (Wildman–Crippen MR) is 63.5 cm³/mol. The first-order valence-corrected chi connectivity index (χ1v) is 5.34. The van der Waals surface area contributed by atoms with E-state index in [0.29, 0.717) is 18.6 Å². The van der Waals surface area contributed by atoms with Gasteiger partial charge < -0.3 is 9.84 Å². The average molecular weight is 220 g/mol. The van der Waals surface area contributed by atoms with Crippen molar-refractivity contribution in [1.29, 1.82) is 0 Å². The Labute approximate surface area is 95.4 Å². The molecule has 0 heterocycles. The number of aliphatic carboxylic acids is 1. The number of ether oxygens (including phenoxy) is 1. The molecular weight excluding hydrogens is 204 g/mol. The Hall–Kier alpha value is -1.77. The standard InChI is InChI=1S/C13H16O3/c1-3-11(13(14)15)8-10-6-5-7-12(9-10)16-4-2/h5-9H,3-4H2,1-2H3,(H,14,15)/b11-8+. The average Bonchev–Trinajstić information content (AvgIpc) is 2.26. The number of carbonyl (C=O) groups is 1. The van der Waals surface area contributed by atoms with Gasteiger partial charge in [-0.15, -0.1) is 0 Å². The van der Waals surface area contributed by atoms with Crippen LogP contribution in [0.2, 0.25) is 0 Å². The fourth-order valence-electron chi connectivity index (χ4n) is 1.38. The van der Waals surface area contributed by atoms with E-state index < -0.39 is 5.97 Å². The molecule has 0 aliphatic rings. The summed E-state index contributed by atoms with van der Waals surface area (Å²) < 4.78 is 5.35. The fourth-order valence-corrected chi connectivity index (χ4v) is 1.38. The van der Waals surface area contributed by atoms with Crippen molar-refractivity contribution in [2.24, 2.45) is 0 Å². The minimum atomic E-state index is -0.871. The third-order valence-electron chi connectivity index (χ3n) is 2.17. The van der Waals surface area contributed by atoms with E-state index in [1.165, 1.54) is 0 Å². The van der Waals surface area contributed by atoms with Crippen LogP contribution in [0.15, 0.2) is 29.8 Å². The van der Waals surface area contributed by atoms with Crippen LogP contribution in [0.3, 0.4) is 0 Å². The van der Waals surface area contributed by atoms with Gasteiger partial charge in [0.15, 0.2) is 0 Å². The van der Waals surface area contributed by atoms with Crippen molar-refractivity contribution in [3.63, 3.8) is 0 Å². The van der Waals surface area contributed by atoms with Crippen molar-refractivity contribution in [1.82, 2.24) is 0 Å². The number of carboxylic acid groups (broad SMARTS) is 1. The summed E-state index contributed by atoms with van der Waals surface area (Å²) in [6.07, 6.45) is 2.18. The van der Waals surface area contributed by atoms with Gasteiger partial charge in [0, 0.05) is 5.57 Å². The molecule has 0 radical (unpaired) electrons. The van der Waals surface area contributed by atoms with Crippen molar-refractivity contribution in [2.75, 3.05) is 6.61 Å². The molecule has 3 heteroatoms. The molecule has 0 aliphatic heterocycles.